The number of hydrogen-bond donors (Lipinski definition) is 2. The van der Waals surface area contributed by atoms with Crippen molar-refractivity contribution in [3.63, 3.8) is 0 Å². The molecule has 0 bridgehead atoms. The molecular weight excluding hydrogens is 304 g/mol. The second-order valence-electron chi connectivity index (χ2n) is 3.53. The van der Waals surface area contributed by atoms with E-state index in [9.17, 15) is 4.79 Å². The number of aliphatic carboxylic acids is 1. The number of thiazole rings is 1. The van der Waals surface area contributed by atoms with Crippen molar-refractivity contribution in [2.45, 2.75) is 23.7 Å². The molecule has 2 N–H and O–H groups in total. The standard InChI is InChI=1S/C10H12N4O2S3/c1-2-6(8-11-3-4-17-8)12-9-13-14-10(19-9)18-5-7(15)16/h3-4,6H,2,5H2,1H3,(H,12,13)(H,15,16). The first kappa shape index (κ1) is 14.2. The number of anilines is 1. The molecule has 0 aliphatic heterocycles. The van der Waals surface area contributed by atoms with Crippen molar-refractivity contribution in [1.82, 2.24) is 15.2 Å². The van der Waals surface area contributed by atoms with Crippen LogP contribution in [0.25, 0.3) is 0 Å². The number of thioether (sulfide) groups is 1. The first-order chi connectivity index (χ1) is 9.19. The van der Waals surface area contributed by atoms with E-state index in [-0.39, 0.29) is 11.8 Å². The van der Waals surface area contributed by atoms with Gasteiger partial charge in [0.1, 0.15) is 5.01 Å². The number of carboxylic acids is 1. The predicted molar refractivity (Wildman–Crippen MR) is 77.0 cm³/mol. The Morgan fingerprint density at radius 3 is 3.05 bits per heavy atom. The SMILES string of the molecule is CCC(Nc1nnc(SCC(=O)O)s1)c1nccs1. The summed E-state index contributed by atoms with van der Waals surface area (Å²) < 4.78 is 0.652. The molecule has 0 spiro atoms. The lowest BCUT2D eigenvalue weighted by molar-refractivity contribution is -0.133. The van der Waals surface area contributed by atoms with Gasteiger partial charge in [-0.1, -0.05) is 30.0 Å². The van der Waals surface area contributed by atoms with Crippen LogP contribution in [-0.2, 0) is 4.79 Å². The van der Waals surface area contributed by atoms with Crippen molar-refractivity contribution in [3.8, 4) is 0 Å². The Balaban J connectivity index is 1.97. The van der Waals surface area contributed by atoms with Gasteiger partial charge in [0.15, 0.2) is 4.34 Å². The van der Waals surface area contributed by atoms with Crippen LogP contribution in [0.4, 0.5) is 5.13 Å². The molecule has 2 rings (SSSR count). The minimum Gasteiger partial charge on any atom is -0.481 e. The lowest BCUT2D eigenvalue weighted by Gasteiger charge is -2.12. The molecule has 0 saturated heterocycles. The molecule has 2 aromatic rings. The minimum atomic E-state index is -0.857. The van der Waals surface area contributed by atoms with E-state index in [1.807, 2.05) is 5.38 Å². The zero-order valence-electron chi connectivity index (χ0n) is 10.1. The van der Waals surface area contributed by atoms with Gasteiger partial charge in [0.05, 0.1) is 11.8 Å². The third-order valence-electron chi connectivity index (χ3n) is 2.18. The summed E-state index contributed by atoms with van der Waals surface area (Å²) in [4.78, 5) is 14.8. The molecule has 0 aromatic carbocycles. The quantitative estimate of drug-likeness (QED) is 0.759. The van der Waals surface area contributed by atoms with Gasteiger partial charge in [-0.15, -0.1) is 21.5 Å². The predicted octanol–water partition coefficient (Wildman–Crippen LogP) is 2.73. The monoisotopic (exact) mass is 316 g/mol. The largest absolute Gasteiger partial charge is 0.481 e. The third-order valence-corrected chi connectivity index (χ3v) is 5.04. The molecule has 0 aliphatic carbocycles. The minimum absolute atomic E-state index is 0.00167. The number of nitrogens with one attached hydrogen (secondary N) is 1. The summed E-state index contributed by atoms with van der Waals surface area (Å²) in [5, 5.41) is 23.5. The van der Waals surface area contributed by atoms with Crippen molar-refractivity contribution < 1.29 is 9.90 Å². The van der Waals surface area contributed by atoms with E-state index < -0.39 is 5.97 Å². The van der Waals surface area contributed by atoms with Crippen molar-refractivity contribution in [2.75, 3.05) is 11.1 Å². The lowest BCUT2D eigenvalue weighted by Crippen LogP contribution is -2.08. The highest BCUT2D eigenvalue weighted by molar-refractivity contribution is 8.01. The smallest absolute Gasteiger partial charge is 0.313 e. The van der Waals surface area contributed by atoms with E-state index in [0.29, 0.717) is 9.47 Å². The summed E-state index contributed by atoms with van der Waals surface area (Å²) in [6, 6.07) is 0.116. The molecule has 1 unspecified atom stereocenters. The molecule has 2 heterocycles. The highest BCUT2D eigenvalue weighted by Gasteiger charge is 2.14. The Kier molecular flexibility index (Phi) is 5.11. The van der Waals surface area contributed by atoms with Gasteiger partial charge in [0.25, 0.3) is 0 Å². The van der Waals surface area contributed by atoms with E-state index in [0.717, 1.165) is 11.4 Å². The summed E-state index contributed by atoms with van der Waals surface area (Å²) in [5.41, 5.74) is 0. The molecule has 6 nitrogen and oxygen atoms in total. The van der Waals surface area contributed by atoms with Gasteiger partial charge in [-0.25, -0.2) is 4.98 Å². The normalized spacial score (nSPS) is 12.3. The zero-order valence-corrected chi connectivity index (χ0v) is 12.5. The molecule has 0 saturated carbocycles. The second-order valence-corrected chi connectivity index (χ2v) is 6.66. The van der Waals surface area contributed by atoms with E-state index in [4.69, 9.17) is 5.11 Å². The van der Waals surface area contributed by atoms with Gasteiger partial charge < -0.3 is 10.4 Å². The van der Waals surface area contributed by atoms with Crippen molar-refractivity contribution >= 4 is 45.5 Å². The van der Waals surface area contributed by atoms with E-state index >= 15 is 0 Å². The van der Waals surface area contributed by atoms with Crippen LogP contribution in [0.3, 0.4) is 0 Å². The van der Waals surface area contributed by atoms with Gasteiger partial charge in [-0.2, -0.15) is 0 Å². The fourth-order valence-electron chi connectivity index (χ4n) is 1.34. The van der Waals surface area contributed by atoms with Crippen molar-refractivity contribution in [2.24, 2.45) is 0 Å². The Bertz CT molecular complexity index is 529. The second kappa shape index (κ2) is 6.83. The van der Waals surface area contributed by atoms with Gasteiger partial charge in [0.2, 0.25) is 5.13 Å². The third kappa shape index (κ3) is 4.15. The average molecular weight is 316 g/mol. The first-order valence-corrected chi connectivity index (χ1v) is 8.21. The number of nitrogens with zero attached hydrogens (tertiary/aromatic N) is 3. The maximum absolute atomic E-state index is 10.5. The van der Waals surface area contributed by atoms with Gasteiger partial charge in [0, 0.05) is 11.6 Å². The summed E-state index contributed by atoms with van der Waals surface area (Å²) >= 11 is 4.13. The van der Waals surface area contributed by atoms with Crippen LogP contribution < -0.4 is 5.32 Å². The van der Waals surface area contributed by atoms with Crippen LogP contribution >= 0.6 is 34.4 Å². The molecule has 0 radical (unpaired) electrons. The van der Waals surface area contributed by atoms with Crippen LogP contribution in [0.1, 0.15) is 24.4 Å². The highest BCUT2D eigenvalue weighted by atomic mass is 32.2. The fraction of sp³-hybridized carbons (Fsp3) is 0.400. The average Bonchev–Trinajstić information content (AvgIpc) is 3.05. The van der Waals surface area contributed by atoms with Crippen LogP contribution in [0.15, 0.2) is 15.9 Å². The van der Waals surface area contributed by atoms with Crippen LogP contribution in [0, 0.1) is 0 Å². The summed E-state index contributed by atoms with van der Waals surface area (Å²) in [6.07, 6.45) is 2.67. The van der Waals surface area contributed by atoms with Crippen molar-refractivity contribution in [1.29, 1.82) is 0 Å². The summed E-state index contributed by atoms with van der Waals surface area (Å²) in [6.45, 7) is 2.07. The van der Waals surface area contributed by atoms with Gasteiger partial charge in [-0.05, 0) is 6.42 Å². The van der Waals surface area contributed by atoms with Crippen LogP contribution in [0.5, 0.6) is 0 Å². The number of aromatic nitrogens is 3. The van der Waals surface area contributed by atoms with E-state index in [1.165, 1.54) is 23.1 Å². The Labute approximate surface area is 122 Å². The highest BCUT2D eigenvalue weighted by Crippen LogP contribution is 2.29. The molecule has 0 fully saturated rings. The van der Waals surface area contributed by atoms with Gasteiger partial charge >= 0.3 is 5.97 Å². The van der Waals surface area contributed by atoms with Gasteiger partial charge in [-0.3, -0.25) is 4.79 Å². The molecule has 19 heavy (non-hydrogen) atoms. The van der Waals surface area contributed by atoms with E-state index in [2.05, 4.69) is 27.4 Å². The first-order valence-electron chi connectivity index (χ1n) is 5.53. The molecule has 102 valence electrons. The Morgan fingerprint density at radius 1 is 1.58 bits per heavy atom. The molecule has 1 atom stereocenters. The lowest BCUT2D eigenvalue weighted by atomic mass is 10.2. The Morgan fingerprint density at radius 2 is 2.42 bits per heavy atom. The number of carbonyl (C=O) groups is 1. The van der Waals surface area contributed by atoms with Crippen LogP contribution in [0.2, 0.25) is 0 Å². The molecule has 0 amide bonds. The molecule has 9 heteroatoms. The molecule has 2 aromatic heterocycles. The van der Waals surface area contributed by atoms with E-state index in [1.54, 1.807) is 17.5 Å². The molecular formula is C10H12N4O2S3. The topological polar surface area (TPSA) is 88.0 Å². The van der Waals surface area contributed by atoms with Crippen LogP contribution in [-0.4, -0.2) is 32.0 Å². The summed E-state index contributed by atoms with van der Waals surface area (Å²) in [5.74, 6) is -0.859. The number of hydrogen-bond acceptors (Lipinski definition) is 8. The maximum atomic E-state index is 10.5. The zero-order chi connectivity index (χ0) is 13.7. The maximum Gasteiger partial charge on any atom is 0.313 e. The number of rotatable bonds is 7. The fourth-order valence-corrected chi connectivity index (χ4v) is 3.64. The Hall–Kier alpha value is -1.19. The molecule has 0 aliphatic rings. The summed E-state index contributed by atoms with van der Waals surface area (Å²) in [7, 11) is 0. The van der Waals surface area contributed by atoms with Crippen molar-refractivity contribution in [3.05, 3.63) is 16.6 Å². The number of carboxylic acid groups (broad SMARTS) is 1.